The van der Waals surface area contributed by atoms with Crippen LogP contribution in [0.3, 0.4) is 0 Å². The molecule has 4 aliphatic rings. The van der Waals surface area contributed by atoms with E-state index in [4.69, 9.17) is 5.73 Å². The molecule has 0 aliphatic carbocycles. The highest BCUT2D eigenvalue weighted by Crippen LogP contribution is 2.46. The number of carboxylic acid groups (broad SMARTS) is 1. The number of nitrogens with zero attached hydrogens (tertiary/aromatic N) is 2. The lowest BCUT2D eigenvalue weighted by molar-refractivity contribution is -0.810. The summed E-state index contributed by atoms with van der Waals surface area (Å²) in [5, 5.41) is 13.0. The van der Waals surface area contributed by atoms with Crippen LogP contribution < -0.4 is 16.5 Å². The van der Waals surface area contributed by atoms with E-state index < -0.39 is 41.8 Å². The van der Waals surface area contributed by atoms with Gasteiger partial charge in [-0.3, -0.25) is 14.4 Å². The van der Waals surface area contributed by atoms with Crippen molar-refractivity contribution in [2.75, 3.05) is 11.5 Å². The number of carboxylic acids is 1. The van der Waals surface area contributed by atoms with Crippen molar-refractivity contribution in [1.29, 1.82) is 0 Å². The molecule has 4 fully saturated rings. The number of quaternary nitrogens is 1. The lowest BCUT2D eigenvalue weighted by Gasteiger charge is -2.40. The zero-order valence-electron chi connectivity index (χ0n) is 11.9. The number of nitrogens with two attached hydrogens (primary N) is 1. The minimum Gasteiger partial charge on any atom is -0.480 e. The Hall–Kier alpha value is -1.50. The first-order chi connectivity index (χ1) is 10.8. The quantitative estimate of drug-likeness (QED) is 0.309. The molecule has 4 unspecified atom stereocenters. The largest absolute Gasteiger partial charge is 0.480 e. The van der Waals surface area contributed by atoms with E-state index in [0.29, 0.717) is 0 Å². The van der Waals surface area contributed by atoms with Crippen LogP contribution >= 0.6 is 23.9 Å². The van der Waals surface area contributed by atoms with Gasteiger partial charge < -0.3 is 16.2 Å². The summed E-state index contributed by atoms with van der Waals surface area (Å²) < 4.78 is -0.351. The van der Waals surface area contributed by atoms with E-state index in [1.54, 1.807) is 0 Å². The van der Waals surface area contributed by atoms with Gasteiger partial charge in [0.25, 0.3) is 11.8 Å². The van der Waals surface area contributed by atoms with Gasteiger partial charge >= 0.3 is 5.97 Å². The summed E-state index contributed by atoms with van der Waals surface area (Å²) in [6, 6.07) is -2.83. The van der Waals surface area contributed by atoms with Gasteiger partial charge in [0.1, 0.15) is 29.9 Å². The molecule has 1 spiro atoms. The van der Waals surface area contributed by atoms with Gasteiger partial charge in [0.05, 0.1) is 17.5 Å². The Morgan fingerprint density at radius 1 is 1.30 bits per heavy atom. The Labute approximate surface area is 139 Å². The average molecular weight is 362 g/mol. The molecule has 0 aromatic rings. The number of carbonyl (C=O) groups excluding carboxylic acids is 3. The zero-order valence-corrected chi connectivity index (χ0v) is 13.6. The van der Waals surface area contributed by atoms with E-state index in [-0.39, 0.29) is 27.9 Å². The van der Waals surface area contributed by atoms with Crippen LogP contribution in [-0.2, 0) is 19.2 Å². The highest BCUT2D eigenvalue weighted by molar-refractivity contribution is 8.06. The van der Waals surface area contributed by atoms with Crippen LogP contribution in [0.2, 0.25) is 0 Å². The van der Waals surface area contributed by atoms with Crippen molar-refractivity contribution in [3.05, 3.63) is 0 Å². The van der Waals surface area contributed by atoms with E-state index in [1.165, 1.54) is 11.9 Å². The molecular formula is C11H16N5O5S2+. The van der Waals surface area contributed by atoms with Crippen LogP contribution in [0.25, 0.3) is 0 Å². The highest BCUT2D eigenvalue weighted by atomic mass is 32.2. The summed E-state index contributed by atoms with van der Waals surface area (Å²) in [6.45, 7) is 0. The van der Waals surface area contributed by atoms with E-state index in [0.717, 1.165) is 17.0 Å². The fraction of sp³-hybridized carbons (Fsp3) is 0.636. The monoisotopic (exact) mass is 362 g/mol. The topological polar surface area (TPSA) is 142 Å². The summed E-state index contributed by atoms with van der Waals surface area (Å²) in [4.78, 5) is 48.3. The molecule has 23 heavy (non-hydrogen) atoms. The molecule has 4 aliphatic heterocycles. The first-order valence-electron chi connectivity index (χ1n) is 6.95. The van der Waals surface area contributed by atoms with Gasteiger partial charge in [-0.25, -0.2) is 4.79 Å². The fourth-order valence-electron chi connectivity index (χ4n) is 2.58. The molecule has 10 nitrogen and oxygen atoms in total. The molecule has 0 aromatic carbocycles. The number of fused-ring (bicyclic) bond motifs is 7. The Morgan fingerprint density at radius 3 is 2.70 bits per heavy atom. The second-order valence-electron chi connectivity index (χ2n) is 5.39. The third kappa shape index (κ3) is 2.75. The molecule has 4 heterocycles. The van der Waals surface area contributed by atoms with Crippen molar-refractivity contribution in [3.63, 3.8) is 0 Å². The number of hydrogen-bond acceptors (Lipinski definition) is 7. The van der Waals surface area contributed by atoms with Crippen LogP contribution in [0.4, 0.5) is 0 Å². The number of rotatable bonds is 1. The van der Waals surface area contributed by atoms with Gasteiger partial charge in [-0.05, 0) is 6.42 Å². The van der Waals surface area contributed by atoms with Gasteiger partial charge in [-0.15, -0.1) is 5.01 Å². The van der Waals surface area contributed by atoms with Crippen molar-refractivity contribution < 1.29 is 27.8 Å². The zero-order chi connectivity index (χ0) is 16.8. The second kappa shape index (κ2) is 5.85. The van der Waals surface area contributed by atoms with Crippen LogP contribution in [0, 0.1) is 0 Å². The minimum absolute atomic E-state index is 0.0140. The van der Waals surface area contributed by atoms with Crippen LogP contribution in [0.1, 0.15) is 12.8 Å². The van der Waals surface area contributed by atoms with E-state index in [2.05, 4.69) is 10.7 Å². The number of hydrogen-bond donors (Lipinski definition) is 4. The van der Waals surface area contributed by atoms with Crippen LogP contribution in [-0.4, -0.2) is 66.9 Å². The lowest BCUT2D eigenvalue weighted by Crippen LogP contribution is -2.69. The molecule has 126 valence electrons. The molecular weight excluding hydrogens is 346 g/mol. The first-order valence-corrected chi connectivity index (χ1v) is 8.84. The third-order valence-corrected chi connectivity index (χ3v) is 6.63. The predicted octanol–water partition coefficient (Wildman–Crippen LogP) is -2.04. The second-order valence-corrected chi connectivity index (χ2v) is 7.86. The molecule has 0 aromatic heterocycles. The molecule has 3 amide bonds. The average Bonchev–Trinajstić information content (AvgIpc) is 2.86. The maximum atomic E-state index is 12.7. The number of carbonyl (C=O) groups is 4. The Balaban J connectivity index is 1.99. The Morgan fingerprint density at radius 2 is 2.00 bits per heavy atom. The van der Waals surface area contributed by atoms with Crippen molar-refractivity contribution in [2.45, 2.75) is 31.0 Å². The molecule has 4 atom stereocenters. The summed E-state index contributed by atoms with van der Waals surface area (Å²) in [7, 11) is 0. The normalized spacial score (nSPS) is 37.7. The van der Waals surface area contributed by atoms with Gasteiger partial charge in [0.15, 0.2) is 6.04 Å². The summed E-state index contributed by atoms with van der Waals surface area (Å²) in [5.74, 6) is -2.24. The van der Waals surface area contributed by atoms with Crippen molar-refractivity contribution in [1.82, 2.24) is 15.8 Å². The standard InChI is InChI=1S/C11H15N5O5S2/c12-5-1-2-8(17)14-16-15(7(4-23-16)11(20)21)10(19)6(3-22-16)13-9(5)18/h5-7H,1-4,12H2,(H2-,13,14,17,18,20,21)/p+1. The third-order valence-electron chi connectivity index (χ3n) is 3.81. The smallest absolute Gasteiger partial charge is 0.333 e. The first kappa shape index (κ1) is 16.4. The molecule has 4 saturated heterocycles. The highest BCUT2D eigenvalue weighted by Gasteiger charge is 2.62. The molecule has 0 saturated carbocycles. The predicted molar refractivity (Wildman–Crippen MR) is 80.7 cm³/mol. The molecule has 2 bridgehead atoms. The fourth-order valence-corrected chi connectivity index (χ4v) is 5.42. The van der Waals surface area contributed by atoms with Crippen molar-refractivity contribution in [3.8, 4) is 0 Å². The van der Waals surface area contributed by atoms with Gasteiger partial charge in [0, 0.05) is 9.93 Å². The van der Waals surface area contributed by atoms with Crippen molar-refractivity contribution >= 4 is 47.6 Å². The van der Waals surface area contributed by atoms with Crippen LogP contribution in [0.15, 0.2) is 0 Å². The maximum absolute atomic E-state index is 12.7. The number of nitrogens with one attached hydrogen (secondary N) is 2. The summed E-state index contributed by atoms with van der Waals surface area (Å²) in [5.41, 5.74) is 8.42. The van der Waals surface area contributed by atoms with E-state index in [9.17, 15) is 24.3 Å². The van der Waals surface area contributed by atoms with Gasteiger partial charge in [0.2, 0.25) is 5.91 Å². The van der Waals surface area contributed by atoms with Crippen molar-refractivity contribution in [2.24, 2.45) is 5.73 Å². The molecule has 5 N–H and O–H groups in total. The maximum Gasteiger partial charge on any atom is 0.333 e. The lowest BCUT2D eigenvalue weighted by atomic mass is 10.1. The van der Waals surface area contributed by atoms with Gasteiger partial charge in [-0.2, -0.15) is 5.43 Å². The molecule has 0 radical (unpaired) electrons. The van der Waals surface area contributed by atoms with E-state index >= 15 is 0 Å². The summed E-state index contributed by atoms with van der Waals surface area (Å²) in [6.07, 6.45) is 0.163. The summed E-state index contributed by atoms with van der Waals surface area (Å²) >= 11 is 2.34. The SMILES string of the molecule is NC1CCC(=O)N[N+]23SCC(NC1=O)C(=O)N2C(C(=O)O)CS3. The Bertz CT molecular complexity index is 589. The van der Waals surface area contributed by atoms with E-state index in [1.807, 2.05) is 0 Å². The Kier molecular flexibility index (Phi) is 4.16. The van der Waals surface area contributed by atoms with Gasteiger partial charge in [-0.1, -0.05) is 0 Å². The molecule has 4 rings (SSSR count). The number of amides is 3. The van der Waals surface area contributed by atoms with Crippen LogP contribution in [0.5, 0.6) is 0 Å². The molecule has 12 heteroatoms. The number of aliphatic carboxylic acids is 1. The minimum atomic E-state index is -1.15.